The standard InChI is InChI=1S/C18H18N6O/c1-11-7-12(11)8-13-9-20-21-24(13)16-17-22(2)18(25)14-5-3-4-6-15(14)23(17)10-19-16/h3-6,9-12H,7-8H2,1-2H3. The fourth-order valence-electron chi connectivity index (χ4n) is 3.64. The number of aromatic nitrogens is 6. The zero-order valence-corrected chi connectivity index (χ0v) is 14.1. The van der Waals surface area contributed by atoms with E-state index in [0.717, 1.165) is 29.2 Å². The van der Waals surface area contributed by atoms with Crippen LogP contribution in [0, 0.1) is 11.8 Å². The van der Waals surface area contributed by atoms with Crippen molar-refractivity contribution in [1.29, 1.82) is 0 Å². The Balaban J connectivity index is 1.76. The van der Waals surface area contributed by atoms with E-state index in [2.05, 4.69) is 22.2 Å². The van der Waals surface area contributed by atoms with Crippen LogP contribution >= 0.6 is 0 Å². The van der Waals surface area contributed by atoms with Crippen LogP contribution in [0.5, 0.6) is 0 Å². The Kier molecular flexibility index (Phi) is 2.89. The lowest BCUT2D eigenvalue weighted by atomic mass is 10.2. The lowest BCUT2D eigenvalue weighted by molar-refractivity contribution is 0.680. The van der Waals surface area contributed by atoms with Gasteiger partial charge in [-0.25, -0.2) is 4.98 Å². The zero-order chi connectivity index (χ0) is 17.1. The highest BCUT2D eigenvalue weighted by Crippen LogP contribution is 2.40. The van der Waals surface area contributed by atoms with E-state index >= 15 is 0 Å². The van der Waals surface area contributed by atoms with Crippen molar-refractivity contribution in [2.45, 2.75) is 19.8 Å². The first-order chi connectivity index (χ1) is 12.1. The molecule has 0 aliphatic heterocycles. The molecule has 0 radical (unpaired) electrons. The van der Waals surface area contributed by atoms with Gasteiger partial charge in [-0.1, -0.05) is 24.3 Å². The number of rotatable bonds is 3. The number of hydrogen-bond donors (Lipinski definition) is 0. The topological polar surface area (TPSA) is 70.0 Å². The molecule has 2 atom stereocenters. The van der Waals surface area contributed by atoms with Crippen molar-refractivity contribution in [2.75, 3.05) is 0 Å². The van der Waals surface area contributed by atoms with Crippen LogP contribution in [0.1, 0.15) is 19.0 Å². The van der Waals surface area contributed by atoms with Gasteiger partial charge in [-0.05, 0) is 36.8 Å². The Morgan fingerprint density at radius 2 is 2.08 bits per heavy atom. The number of nitrogens with zero attached hydrogens (tertiary/aromatic N) is 6. The molecule has 7 nitrogen and oxygen atoms in total. The van der Waals surface area contributed by atoms with E-state index < -0.39 is 0 Å². The molecular formula is C18H18N6O. The summed E-state index contributed by atoms with van der Waals surface area (Å²) < 4.78 is 5.35. The maximum absolute atomic E-state index is 12.8. The molecule has 25 heavy (non-hydrogen) atoms. The number of aryl methyl sites for hydroxylation is 1. The molecule has 0 amide bonds. The molecule has 3 aromatic heterocycles. The molecule has 1 aliphatic carbocycles. The second-order valence-corrected chi connectivity index (χ2v) is 6.96. The monoisotopic (exact) mass is 334 g/mol. The molecule has 0 saturated heterocycles. The van der Waals surface area contributed by atoms with Gasteiger partial charge in [-0.15, -0.1) is 5.10 Å². The van der Waals surface area contributed by atoms with E-state index in [0.29, 0.717) is 17.1 Å². The van der Waals surface area contributed by atoms with Crippen molar-refractivity contribution in [3.63, 3.8) is 0 Å². The lowest BCUT2D eigenvalue weighted by Gasteiger charge is -2.09. The first-order valence-corrected chi connectivity index (χ1v) is 8.50. The summed E-state index contributed by atoms with van der Waals surface area (Å²) in [6.07, 6.45) is 5.74. The maximum atomic E-state index is 12.8. The molecular weight excluding hydrogens is 316 g/mol. The van der Waals surface area contributed by atoms with Crippen molar-refractivity contribution in [3.05, 3.63) is 52.8 Å². The van der Waals surface area contributed by atoms with Crippen molar-refractivity contribution < 1.29 is 0 Å². The number of benzene rings is 1. The highest BCUT2D eigenvalue weighted by Gasteiger charge is 2.33. The van der Waals surface area contributed by atoms with Gasteiger partial charge in [-0.2, -0.15) is 4.68 Å². The van der Waals surface area contributed by atoms with E-state index in [1.165, 1.54) is 6.42 Å². The quantitative estimate of drug-likeness (QED) is 0.574. The van der Waals surface area contributed by atoms with E-state index in [9.17, 15) is 4.79 Å². The van der Waals surface area contributed by atoms with Crippen LogP contribution in [0.2, 0.25) is 0 Å². The number of hydrogen-bond acceptors (Lipinski definition) is 4. The van der Waals surface area contributed by atoms with Crippen LogP contribution in [0.25, 0.3) is 22.4 Å². The minimum Gasteiger partial charge on any atom is -0.294 e. The molecule has 0 spiro atoms. The molecule has 1 aliphatic rings. The van der Waals surface area contributed by atoms with E-state index in [1.807, 2.05) is 28.7 Å². The Morgan fingerprint density at radius 3 is 2.88 bits per heavy atom. The van der Waals surface area contributed by atoms with Gasteiger partial charge in [-0.3, -0.25) is 13.8 Å². The molecule has 0 N–H and O–H groups in total. The lowest BCUT2D eigenvalue weighted by Crippen LogP contribution is -2.20. The summed E-state index contributed by atoms with van der Waals surface area (Å²) in [4.78, 5) is 17.3. The summed E-state index contributed by atoms with van der Waals surface area (Å²) in [5.41, 5.74) is 2.56. The molecule has 1 fully saturated rings. The molecule has 5 rings (SSSR count). The van der Waals surface area contributed by atoms with Gasteiger partial charge in [0.15, 0.2) is 11.5 Å². The average molecular weight is 334 g/mol. The van der Waals surface area contributed by atoms with Crippen LogP contribution in [-0.2, 0) is 13.5 Å². The predicted octanol–water partition coefficient (Wildman–Crippen LogP) is 1.97. The summed E-state index contributed by atoms with van der Waals surface area (Å²) in [7, 11) is 1.77. The molecule has 0 bridgehead atoms. The summed E-state index contributed by atoms with van der Waals surface area (Å²) in [6.45, 7) is 2.26. The number of para-hydroxylation sites is 1. The average Bonchev–Trinajstić information content (AvgIpc) is 3.03. The fraction of sp³-hybridized carbons (Fsp3) is 0.333. The van der Waals surface area contributed by atoms with Gasteiger partial charge in [0.1, 0.15) is 6.33 Å². The van der Waals surface area contributed by atoms with Gasteiger partial charge in [0.25, 0.3) is 5.56 Å². The van der Waals surface area contributed by atoms with Crippen LogP contribution in [0.15, 0.2) is 41.6 Å². The molecule has 126 valence electrons. The SMILES string of the molecule is CC1CC1Cc1cnnn1-c1ncn2c3ccccc3c(=O)n(C)c12. The summed E-state index contributed by atoms with van der Waals surface area (Å²) >= 11 is 0. The van der Waals surface area contributed by atoms with Crippen molar-refractivity contribution >= 4 is 16.6 Å². The van der Waals surface area contributed by atoms with Gasteiger partial charge in [0.2, 0.25) is 0 Å². The van der Waals surface area contributed by atoms with Gasteiger partial charge >= 0.3 is 0 Å². The van der Waals surface area contributed by atoms with Crippen LogP contribution in [-0.4, -0.2) is 28.9 Å². The largest absolute Gasteiger partial charge is 0.294 e. The molecule has 1 aromatic carbocycles. The van der Waals surface area contributed by atoms with E-state index in [4.69, 9.17) is 0 Å². The first kappa shape index (κ1) is 14.4. The van der Waals surface area contributed by atoms with Crippen molar-refractivity contribution in [2.24, 2.45) is 18.9 Å². The van der Waals surface area contributed by atoms with Crippen molar-refractivity contribution in [3.8, 4) is 5.82 Å². The highest BCUT2D eigenvalue weighted by molar-refractivity contribution is 5.82. The van der Waals surface area contributed by atoms with Gasteiger partial charge in [0.05, 0.1) is 22.8 Å². The van der Waals surface area contributed by atoms with E-state index in [-0.39, 0.29) is 5.56 Å². The Hall–Kier alpha value is -2.96. The molecule has 1 saturated carbocycles. The molecule has 3 heterocycles. The minimum absolute atomic E-state index is 0.0395. The van der Waals surface area contributed by atoms with Crippen LogP contribution in [0.3, 0.4) is 0 Å². The second kappa shape index (κ2) is 5.02. The Morgan fingerprint density at radius 1 is 1.28 bits per heavy atom. The molecule has 4 aromatic rings. The maximum Gasteiger partial charge on any atom is 0.261 e. The van der Waals surface area contributed by atoms with Gasteiger partial charge < -0.3 is 0 Å². The zero-order valence-electron chi connectivity index (χ0n) is 14.1. The Labute approximate surface area is 143 Å². The predicted molar refractivity (Wildman–Crippen MR) is 93.8 cm³/mol. The Bertz CT molecular complexity index is 1170. The molecule has 2 unspecified atom stereocenters. The van der Waals surface area contributed by atoms with Crippen LogP contribution < -0.4 is 5.56 Å². The van der Waals surface area contributed by atoms with Gasteiger partial charge in [0, 0.05) is 7.05 Å². The summed E-state index contributed by atoms with van der Waals surface area (Å²) in [5.74, 6) is 2.09. The molecule has 7 heteroatoms. The summed E-state index contributed by atoms with van der Waals surface area (Å²) in [5, 5.41) is 9.00. The number of fused-ring (bicyclic) bond motifs is 3. The third-order valence-electron chi connectivity index (χ3n) is 5.31. The number of imidazole rings is 1. The fourth-order valence-corrected chi connectivity index (χ4v) is 3.64. The minimum atomic E-state index is -0.0395. The normalized spacial score (nSPS) is 19.8. The third kappa shape index (κ3) is 2.05. The summed E-state index contributed by atoms with van der Waals surface area (Å²) in [6, 6.07) is 7.57. The van der Waals surface area contributed by atoms with Crippen molar-refractivity contribution in [1.82, 2.24) is 28.9 Å². The smallest absolute Gasteiger partial charge is 0.261 e. The second-order valence-electron chi connectivity index (χ2n) is 6.96. The van der Waals surface area contributed by atoms with E-state index in [1.54, 1.807) is 28.8 Å². The van der Waals surface area contributed by atoms with Crippen LogP contribution in [0.4, 0.5) is 0 Å². The third-order valence-corrected chi connectivity index (χ3v) is 5.31. The first-order valence-electron chi connectivity index (χ1n) is 8.50. The highest BCUT2D eigenvalue weighted by atomic mass is 16.1.